The summed E-state index contributed by atoms with van der Waals surface area (Å²) in [5, 5.41) is 0. The number of hydrogen-bond acceptors (Lipinski definition) is 4. The number of hydrogen-bond donors (Lipinski definition) is 1. The Morgan fingerprint density at radius 1 is 1.43 bits per heavy atom. The van der Waals surface area contributed by atoms with Gasteiger partial charge in [-0.3, -0.25) is 4.79 Å². The van der Waals surface area contributed by atoms with E-state index in [1.165, 1.54) is 16.4 Å². The van der Waals surface area contributed by atoms with Gasteiger partial charge in [-0.25, -0.2) is 8.42 Å². The number of amides is 1. The number of primary amides is 1. The van der Waals surface area contributed by atoms with E-state index < -0.39 is 15.9 Å². The van der Waals surface area contributed by atoms with Gasteiger partial charge in [0.2, 0.25) is 15.9 Å². The Kier molecular flexibility index (Phi) is 4.43. The highest BCUT2D eigenvalue weighted by atomic mass is 32.2. The zero-order valence-electron chi connectivity index (χ0n) is 11.8. The number of aryl methyl sites for hydroxylation is 1. The van der Waals surface area contributed by atoms with Gasteiger partial charge < -0.3 is 10.5 Å². The summed E-state index contributed by atoms with van der Waals surface area (Å²) < 4.78 is 26.5. The third-order valence-electron chi connectivity index (χ3n) is 3.73. The van der Waals surface area contributed by atoms with E-state index in [9.17, 15) is 18.0 Å². The number of rotatable bonds is 4. The van der Waals surface area contributed by atoms with Gasteiger partial charge in [-0.15, -0.1) is 0 Å². The zero-order valence-corrected chi connectivity index (χ0v) is 12.6. The summed E-state index contributed by atoms with van der Waals surface area (Å²) >= 11 is 0. The van der Waals surface area contributed by atoms with Crippen LogP contribution in [0.3, 0.4) is 0 Å². The van der Waals surface area contributed by atoms with Crippen LogP contribution in [0.1, 0.15) is 28.8 Å². The largest absolute Gasteiger partial charge is 0.366 e. The maximum atomic E-state index is 12.6. The molecule has 1 amide bonds. The van der Waals surface area contributed by atoms with Gasteiger partial charge in [0.15, 0.2) is 0 Å². The molecule has 0 aliphatic carbocycles. The average Bonchev–Trinajstić information content (AvgIpc) is 2.47. The lowest BCUT2D eigenvalue weighted by Crippen LogP contribution is -2.40. The van der Waals surface area contributed by atoms with Gasteiger partial charge in [0, 0.05) is 24.6 Å². The van der Waals surface area contributed by atoms with Gasteiger partial charge in [0.25, 0.3) is 0 Å². The molecule has 1 heterocycles. The van der Waals surface area contributed by atoms with Crippen molar-refractivity contribution in [2.45, 2.75) is 24.7 Å². The predicted octanol–water partition coefficient (Wildman–Crippen LogP) is 0.694. The van der Waals surface area contributed by atoms with E-state index in [0.717, 1.165) is 6.29 Å². The number of carbonyl (C=O) groups excluding carboxylic acids is 2. The van der Waals surface area contributed by atoms with Crippen LogP contribution in [0.4, 0.5) is 0 Å². The molecule has 6 nitrogen and oxygen atoms in total. The van der Waals surface area contributed by atoms with E-state index in [-0.39, 0.29) is 22.9 Å². The van der Waals surface area contributed by atoms with E-state index in [1.54, 1.807) is 13.0 Å². The van der Waals surface area contributed by atoms with Crippen LogP contribution in [0, 0.1) is 12.8 Å². The lowest BCUT2D eigenvalue weighted by Gasteiger charge is -2.29. The maximum absolute atomic E-state index is 12.6. The minimum absolute atomic E-state index is 0.0356. The highest BCUT2D eigenvalue weighted by molar-refractivity contribution is 7.89. The first-order valence-corrected chi connectivity index (χ1v) is 8.16. The van der Waals surface area contributed by atoms with Gasteiger partial charge in [-0.2, -0.15) is 4.31 Å². The summed E-state index contributed by atoms with van der Waals surface area (Å²) in [6.45, 7) is 2.26. The van der Waals surface area contributed by atoms with E-state index >= 15 is 0 Å². The van der Waals surface area contributed by atoms with E-state index in [4.69, 9.17) is 5.73 Å². The minimum Gasteiger partial charge on any atom is -0.366 e. The van der Waals surface area contributed by atoms with Gasteiger partial charge in [0.1, 0.15) is 6.29 Å². The molecule has 1 atom stereocenters. The molecular weight excluding hydrogens is 292 g/mol. The van der Waals surface area contributed by atoms with Crippen LogP contribution in [0.15, 0.2) is 23.1 Å². The zero-order chi connectivity index (χ0) is 15.6. The maximum Gasteiger partial charge on any atom is 0.249 e. The number of sulfonamides is 1. The van der Waals surface area contributed by atoms with Crippen LogP contribution >= 0.6 is 0 Å². The first-order chi connectivity index (χ1) is 9.86. The van der Waals surface area contributed by atoms with Crippen LogP contribution < -0.4 is 5.73 Å². The third-order valence-corrected chi connectivity index (χ3v) is 5.59. The Morgan fingerprint density at radius 3 is 2.76 bits per heavy atom. The molecule has 1 aromatic carbocycles. The molecule has 1 fully saturated rings. The second-order valence-electron chi connectivity index (χ2n) is 5.24. The summed E-state index contributed by atoms with van der Waals surface area (Å²) in [4.78, 5) is 22.3. The first kappa shape index (κ1) is 15.7. The summed E-state index contributed by atoms with van der Waals surface area (Å²) in [5.41, 5.74) is 6.08. The van der Waals surface area contributed by atoms with Gasteiger partial charge >= 0.3 is 0 Å². The van der Waals surface area contributed by atoms with Crippen molar-refractivity contribution in [2.24, 2.45) is 11.7 Å². The number of carbonyl (C=O) groups is 2. The molecule has 0 spiro atoms. The molecule has 2 N–H and O–H groups in total. The van der Waals surface area contributed by atoms with Gasteiger partial charge in [0.05, 0.1) is 4.90 Å². The number of piperidine rings is 1. The van der Waals surface area contributed by atoms with Crippen LogP contribution in [0.5, 0.6) is 0 Å². The average molecular weight is 310 g/mol. The van der Waals surface area contributed by atoms with E-state index in [0.29, 0.717) is 24.9 Å². The number of benzene rings is 1. The molecule has 0 saturated carbocycles. The summed E-state index contributed by atoms with van der Waals surface area (Å²) in [5.74, 6) is -0.927. The molecule has 1 aromatic rings. The Labute approximate surface area is 124 Å². The van der Waals surface area contributed by atoms with Crippen LogP contribution in [0.25, 0.3) is 0 Å². The predicted molar refractivity (Wildman–Crippen MR) is 77.2 cm³/mol. The van der Waals surface area contributed by atoms with Crippen LogP contribution in [-0.2, 0) is 14.8 Å². The molecule has 114 valence electrons. The second-order valence-corrected chi connectivity index (χ2v) is 7.18. The van der Waals surface area contributed by atoms with Crippen LogP contribution in [0.2, 0.25) is 0 Å². The molecular formula is C14H18N2O4S. The molecule has 1 unspecified atom stereocenters. The van der Waals surface area contributed by atoms with Gasteiger partial charge in [-0.05, 0) is 37.5 Å². The normalized spacial score (nSPS) is 20.1. The molecule has 1 saturated heterocycles. The van der Waals surface area contributed by atoms with Crippen molar-refractivity contribution < 1.29 is 18.0 Å². The van der Waals surface area contributed by atoms with Crippen molar-refractivity contribution in [1.82, 2.24) is 4.31 Å². The fraction of sp³-hybridized carbons (Fsp3) is 0.429. The Bertz CT molecular complexity index is 670. The van der Waals surface area contributed by atoms with Crippen molar-refractivity contribution in [3.63, 3.8) is 0 Å². The fourth-order valence-electron chi connectivity index (χ4n) is 2.48. The van der Waals surface area contributed by atoms with E-state index in [2.05, 4.69) is 0 Å². The molecule has 1 aliphatic heterocycles. The minimum atomic E-state index is -3.71. The number of nitrogens with zero attached hydrogens (tertiary/aromatic N) is 1. The third kappa shape index (κ3) is 3.14. The van der Waals surface area contributed by atoms with Crippen LogP contribution in [-0.4, -0.2) is 38.0 Å². The van der Waals surface area contributed by atoms with Crippen molar-refractivity contribution in [3.8, 4) is 0 Å². The summed E-state index contributed by atoms with van der Waals surface area (Å²) in [6, 6.07) is 4.33. The lowest BCUT2D eigenvalue weighted by molar-refractivity contribution is -0.112. The Morgan fingerprint density at radius 2 is 2.14 bits per heavy atom. The first-order valence-electron chi connectivity index (χ1n) is 6.72. The Balaban J connectivity index is 2.37. The molecule has 21 heavy (non-hydrogen) atoms. The number of aldehydes is 1. The quantitative estimate of drug-likeness (QED) is 0.827. The highest BCUT2D eigenvalue weighted by Crippen LogP contribution is 2.24. The molecule has 0 radical (unpaired) electrons. The summed E-state index contributed by atoms with van der Waals surface area (Å²) in [7, 11) is -3.71. The molecule has 1 aliphatic rings. The smallest absolute Gasteiger partial charge is 0.249 e. The van der Waals surface area contributed by atoms with Crippen molar-refractivity contribution >= 4 is 22.2 Å². The molecule has 7 heteroatoms. The van der Waals surface area contributed by atoms with Crippen molar-refractivity contribution in [3.05, 3.63) is 29.3 Å². The topological polar surface area (TPSA) is 97.5 Å². The SMILES string of the molecule is Cc1ccc(S(=O)(=O)N2CCCC(C=O)C2)cc1C(N)=O. The summed E-state index contributed by atoms with van der Waals surface area (Å²) in [6.07, 6.45) is 2.15. The number of nitrogens with two attached hydrogens (primary N) is 1. The monoisotopic (exact) mass is 310 g/mol. The highest BCUT2D eigenvalue weighted by Gasteiger charge is 2.30. The van der Waals surface area contributed by atoms with Crippen molar-refractivity contribution in [1.29, 1.82) is 0 Å². The molecule has 2 rings (SSSR count). The second kappa shape index (κ2) is 5.95. The lowest BCUT2D eigenvalue weighted by atomic mass is 10.0. The fourth-order valence-corrected chi connectivity index (χ4v) is 4.04. The molecule has 0 aromatic heterocycles. The van der Waals surface area contributed by atoms with E-state index in [1.807, 2.05) is 0 Å². The van der Waals surface area contributed by atoms with Crippen molar-refractivity contribution in [2.75, 3.05) is 13.1 Å². The molecule has 0 bridgehead atoms. The standard InChI is InChI=1S/C14H18N2O4S/c1-10-4-5-12(7-13(10)14(15)18)21(19,20)16-6-2-3-11(8-16)9-17/h4-5,7,9,11H,2-3,6,8H2,1H3,(H2,15,18). The Hall–Kier alpha value is -1.73. The van der Waals surface area contributed by atoms with Gasteiger partial charge in [-0.1, -0.05) is 6.07 Å².